The van der Waals surface area contributed by atoms with E-state index in [1.165, 1.54) is 24.0 Å². The van der Waals surface area contributed by atoms with Crippen molar-refractivity contribution in [3.05, 3.63) is 53.2 Å². The molecule has 1 aromatic carbocycles. The van der Waals surface area contributed by atoms with E-state index in [1.807, 2.05) is 24.3 Å². The van der Waals surface area contributed by atoms with Gasteiger partial charge in [0.1, 0.15) is 6.10 Å². The molecule has 132 valence electrons. The lowest BCUT2D eigenvalue weighted by Crippen LogP contribution is -2.22. The van der Waals surface area contributed by atoms with Gasteiger partial charge in [0.15, 0.2) is 5.96 Å². The number of anilines is 1. The third kappa shape index (κ3) is 4.95. The minimum absolute atomic E-state index is 0.281. The highest BCUT2D eigenvalue weighted by Gasteiger charge is 2.18. The zero-order valence-electron chi connectivity index (χ0n) is 15.0. The third-order valence-electron chi connectivity index (χ3n) is 4.34. The zero-order valence-corrected chi connectivity index (χ0v) is 15.0. The van der Waals surface area contributed by atoms with Crippen LogP contribution in [0.3, 0.4) is 0 Å². The summed E-state index contributed by atoms with van der Waals surface area (Å²) in [6.07, 6.45) is 6.72. The Morgan fingerprint density at radius 3 is 2.68 bits per heavy atom. The number of aromatic nitrogens is 1. The van der Waals surface area contributed by atoms with Gasteiger partial charge >= 0.3 is 0 Å². The van der Waals surface area contributed by atoms with Crippen molar-refractivity contribution in [3.8, 4) is 5.88 Å². The Balaban J connectivity index is 1.66. The number of nitrogens with two attached hydrogens (primary N) is 1. The van der Waals surface area contributed by atoms with Crippen molar-refractivity contribution >= 4 is 11.6 Å². The first-order valence-corrected chi connectivity index (χ1v) is 8.86. The Labute approximate surface area is 149 Å². The number of nitrogens with one attached hydrogen (secondary N) is 1. The Hall–Kier alpha value is -2.56. The van der Waals surface area contributed by atoms with E-state index in [4.69, 9.17) is 10.5 Å². The van der Waals surface area contributed by atoms with Crippen molar-refractivity contribution in [1.82, 2.24) is 4.98 Å². The minimum Gasteiger partial charge on any atom is -0.474 e. The van der Waals surface area contributed by atoms with E-state index in [0.717, 1.165) is 24.1 Å². The first-order valence-electron chi connectivity index (χ1n) is 8.86. The van der Waals surface area contributed by atoms with Crippen LogP contribution in [0, 0.1) is 13.8 Å². The van der Waals surface area contributed by atoms with Gasteiger partial charge in [0.25, 0.3) is 0 Å². The van der Waals surface area contributed by atoms with Gasteiger partial charge in [0.2, 0.25) is 5.88 Å². The lowest BCUT2D eigenvalue weighted by Gasteiger charge is -2.14. The number of ether oxygens (including phenoxy) is 1. The van der Waals surface area contributed by atoms with E-state index in [0.29, 0.717) is 18.4 Å². The van der Waals surface area contributed by atoms with Crippen molar-refractivity contribution in [2.24, 2.45) is 10.7 Å². The molecule has 0 unspecified atom stereocenters. The molecule has 0 aliphatic heterocycles. The van der Waals surface area contributed by atoms with Gasteiger partial charge in [-0.2, -0.15) is 0 Å². The van der Waals surface area contributed by atoms with Crippen LogP contribution in [0.25, 0.3) is 0 Å². The van der Waals surface area contributed by atoms with E-state index < -0.39 is 0 Å². The molecule has 3 N–H and O–H groups in total. The van der Waals surface area contributed by atoms with Crippen molar-refractivity contribution < 1.29 is 4.74 Å². The average molecular weight is 338 g/mol. The third-order valence-corrected chi connectivity index (χ3v) is 4.34. The second-order valence-corrected chi connectivity index (χ2v) is 6.69. The number of nitrogens with zero attached hydrogens (tertiary/aromatic N) is 2. The summed E-state index contributed by atoms with van der Waals surface area (Å²) in [5.41, 5.74) is 10.3. The van der Waals surface area contributed by atoms with Crippen molar-refractivity contribution in [2.45, 2.75) is 52.2 Å². The van der Waals surface area contributed by atoms with Gasteiger partial charge in [-0.05, 0) is 68.9 Å². The second-order valence-electron chi connectivity index (χ2n) is 6.69. The molecule has 1 heterocycles. The molecule has 1 aromatic heterocycles. The molecule has 0 spiro atoms. The highest BCUT2D eigenvalue weighted by Crippen LogP contribution is 2.25. The normalized spacial score (nSPS) is 15.4. The molecule has 25 heavy (non-hydrogen) atoms. The monoisotopic (exact) mass is 338 g/mol. The van der Waals surface area contributed by atoms with Gasteiger partial charge in [-0.15, -0.1) is 0 Å². The standard InChI is InChI=1S/C20H26N4O/c1-14-10-15(2)12-17(11-14)24-20(21)23-13-16-6-5-9-22-19(16)25-18-7-3-4-8-18/h5-6,9-12,18H,3-4,7-8,13H2,1-2H3,(H3,21,23,24). The maximum Gasteiger partial charge on any atom is 0.218 e. The molecular weight excluding hydrogens is 312 g/mol. The molecule has 3 rings (SSSR count). The van der Waals surface area contributed by atoms with Crippen molar-refractivity contribution in [1.29, 1.82) is 0 Å². The quantitative estimate of drug-likeness (QED) is 0.639. The van der Waals surface area contributed by atoms with Crippen LogP contribution in [0.4, 0.5) is 5.69 Å². The predicted octanol–water partition coefficient (Wildman–Crippen LogP) is 3.95. The number of aryl methyl sites for hydroxylation is 2. The molecule has 1 aliphatic rings. The Morgan fingerprint density at radius 2 is 1.96 bits per heavy atom. The summed E-state index contributed by atoms with van der Waals surface area (Å²) in [7, 11) is 0. The summed E-state index contributed by atoms with van der Waals surface area (Å²) < 4.78 is 6.05. The zero-order chi connectivity index (χ0) is 17.6. The number of hydrogen-bond acceptors (Lipinski definition) is 3. The summed E-state index contributed by atoms with van der Waals surface area (Å²) in [5.74, 6) is 1.07. The van der Waals surface area contributed by atoms with Crippen molar-refractivity contribution in [2.75, 3.05) is 5.32 Å². The molecule has 1 saturated carbocycles. The fraction of sp³-hybridized carbons (Fsp3) is 0.400. The van der Waals surface area contributed by atoms with E-state index in [2.05, 4.69) is 35.2 Å². The molecule has 0 bridgehead atoms. The van der Waals surface area contributed by atoms with Gasteiger partial charge < -0.3 is 15.8 Å². The van der Waals surface area contributed by atoms with Crippen LogP contribution in [-0.2, 0) is 6.54 Å². The molecule has 0 radical (unpaired) electrons. The van der Waals surface area contributed by atoms with Crippen LogP contribution in [0.15, 0.2) is 41.5 Å². The summed E-state index contributed by atoms with van der Waals surface area (Å²) >= 11 is 0. The number of guanidine groups is 1. The van der Waals surface area contributed by atoms with E-state index in [9.17, 15) is 0 Å². The van der Waals surface area contributed by atoms with Gasteiger partial charge in [-0.3, -0.25) is 0 Å². The largest absolute Gasteiger partial charge is 0.474 e. The number of hydrogen-bond donors (Lipinski definition) is 2. The Kier molecular flexibility index (Phi) is 5.53. The Morgan fingerprint density at radius 1 is 1.24 bits per heavy atom. The number of pyridine rings is 1. The molecule has 2 aromatic rings. The summed E-state index contributed by atoms with van der Waals surface area (Å²) in [6, 6.07) is 10.1. The van der Waals surface area contributed by atoms with Gasteiger partial charge in [-0.25, -0.2) is 9.98 Å². The summed E-state index contributed by atoms with van der Waals surface area (Å²) in [5, 5.41) is 3.15. The molecule has 0 atom stereocenters. The van der Waals surface area contributed by atoms with Crippen LogP contribution in [-0.4, -0.2) is 17.0 Å². The molecule has 1 fully saturated rings. The van der Waals surface area contributed by atoms with Crippen LogP contribution >= 0.6 is 0 Å². The number of rotatable bonds is 5. The number of aliphatic imine (C=N–C) groups is 1. The van der Waals surface area contributed by atoms with Crippen LogP contribution in [0.1, 0.15) is 42.4 Å². The van der Waals surface area contributed by atoms with E-state index in [1.54, 1.807) is 6.20 Å². The lowest BCUT2D eigenvalue weighted by molar-refractivity contribution is 0.199. The maximum absolute atomic E-state index is 6.05. The minimum atomic E-state index is 0.281. The average Bonchev–Trinajstić information content (AvgIpc) is 3.06. The van der Waals surface area contributed by atoms with Crippen LogP contribution in [0.2, 0.25) is 0 Å². The topological polar surface area (TPSA) is 72.5 Å². The molecule has 0 saturated heterocycles. The van der Waals surface area contributed by atoms with E-state index >= 15 is 0 Å². The summed E-state index contributed by atoms with van der Waals surface area (Å²) in [6.45, 7) is 4.57. The van der Waals surface area contributed by atoms with Gasteiger partial charge in [-0.1, -0.05) is 12.1 Å². The molecule has 5 nitrogen and oxygen atoms in total. The molecule has 0 amide bonds. The van der Waals surface area contributed by atoms with Gasteiger partial charge in [0, 0.05) is 17.4 Å². The first-order chi connectivity index (χ1) is 12.1. The first kappa shape index (κ1) is 17.3. The molecule has 5 heteroatoms. The SMILES string of the molecule is Cc1cc(C)cc(NC(N)=NCc2cccnc2OC2CCCC2)c1. The Bertz CT molecular complexity index is 731. The smallest absolute Gasteiger partial charge is 0.218 e. The molecular formula is C20H26N4O. The fourth-order valence-corrected chi connectivity index (χ4v) is 3.22. The maximum atomic E-state index is 6.05. The lowest BCUT2D eigenvalue weighted by atomic mass is 10.1. The van der Waals surface area contributed by atoms with E-state index in [-0.39, 0.29) is 6.10 Å². The van der Waals surface area contributed by atoms with Crippen molar-refractivity contribution in [3.63, 3.8) is 0 Å². The highest BCUT2D eigenvalue weighted by molar-refractivity contribution is 5.92. The predicted molar refractivity (Wildman–Crippen MR) is 102 cm³/mol. The highest BCUT2D eigenvalue weighted by atomic mass is 16.5. The number of benzene rings is 1. The van der Waals surface area contributed by atoms with Crippen LogP contribution in [0.5, 0.6) is 5.88 Å². The fourth-order valence-electron chi connectivity index (χ4n) is 3.22. The molecule has 1 aliphatic carbocycles. The summed E-state index contributed by atoms with van der Waals surface area (Å²) in [4.78, 5) is 8.82. The second kappa shape index (κ2) is 8.01. The van der Waals surface area contributed by atoms with Crippen LogP contribution < -0.4 is 15.8 Å². The van der Waals surface area contributed by atoms with Gasteiger partial charge in [0.05, 0.1) is 6.54 Å².